The summed E-state index contributed by atoms with van der Waals surface area (Å²) >= 11 is 0. The van der Waals surface area contributed by atoms with Crippen molar-refractivity contribution in [2.75, 3.05) is 17.6 Å². The van der Waals surface area contributed by atoms with Crippen molar-refractivity contribution in [2.45, 2.75) is 13.8 Å². The number of hydrogen-bond acceptors (Lipinski definition) is 4. The van der Waals surface area contributed by atoms with E-state index in [0.29, 0.717) is 23.5 Å². The average molecular weight is 232 g/mol. The van der Waals surface area contributed by atoms with E-state index in [1.807, 2.05) is 6.07 Å². The Morgan fingerprint density at radius 2 is 2.18 bits per heavy atom. The lowest BCUT2D eigenvalue weighted by atomic mass is 9.92. The molecule has 17 heavy (non-hydrogen) atoms. The van der Waals surface area contributed by atoms with E-state index in [-0.39, 0.29) is 5.91 Å². The maximum Gasteiger partial charge on any atom is 0.224 e. The lowest BCUT2D eigenvalue weighted by molar-refractivity contribution is -0.125. The van der Waals surface area contributed by atoms with Crippen molar-refractivity contribution in [3.63, 3.8) is 0 Å². The highest BCUT2D eigenvalue weighted by atomic mass is 16.1. The topological polar surface area (TPSA) is 105 Å². The van der Waals surface area contributed by atoms with Gasteiger partial charge in [-0.1, -0.05) is 0 Å². The molecule has 0 bridgehead atoms. The summed E-state index contributed by atoms with van der Waals surface area (Å²) in [6.07, 6.45) is 0. The van der Waals surface area contributed by atoms with E-state index in [1.165, 1.54) is 0 Å². The Kier molecular flexibility index (Phi) is 3.59. The van der Waals surface area contributed by atoms with Gasteiger partial charge in [0.25, 0.3) is 0 Å². The van der Waals surface area contributed by atoms with E-state index in [4.69, 9.17) is 16.7 Å². The zero-order chi connectivity index (χ0) is 13.1. The molecule has 1 amide bonds. The molecule has 1 rings (SSSR count). The molecule has 0 atom stereocenters. The Morgan fingerprint density at radius 1 is 1.53 bits per heavy atom. The van der Waals surface area contributed by atoms with Crippen molar-refractivity contribution in [1.29, 1.82) is 5.26 Å². The minimum absolute atomic E-state index is 0.362. The molecule has 0 aromatic heterocycles. The van der Waals surface area contributed by atoms with Crippen LogP contribution in [0.15, 0.2) is 18.2 Å². The summed E-state index contributed by atoms with van der Waals surface area (Å²) in [7, 11) is 0. The Bertz CT molecular complexity index is 474. The first-order valence-corrected chi connectivity index (χ1v) is 5.20. The molecule has 5 nitrogen and oxygen atoms in total. The summed E-state index contributed by atoms with van der Waals surface area (Å²) in [5, 5.41) is 12.0. The van der Waals surface area contributed by atoms with Crippen molar-refractivity contribution in [2.24, 2.45) is 11.1 Å². The number of anilines is 2. The van der Waals surface area contributed by atoms with Crippen molar-refractivity contribution in [1.82, 2.24) is 0 Å². The van der Waals surface area contributed by atoms with Crippen LogP contribution in [0.4, 0.5) is 11.4 Å². The van der Waals surface area contributed by atoms with Gasteiger partial charge in [-0.05, 0) is 32.0 Å². The minimum atomic E-state index is -0.673. The van der Waals surface area contributed by atoms with E-state index in [9.17, 15) is 4.79 Å². The van der Waals surface area contributed by atoms with Crippen LogP contribution in [0.2, 0.25) is 0 Å². The first kappa shape index (κ1) is 12.8. The lowest BCUT2D eigenvalue weighted by Crippen LogP contribution is -2.37. The third kappa shape index (κ3) is 3.11. The van der Waals surface area contributed by atoms with E-state index >= 15 is 0 Å². The van der Waals surface area contributed by atoms with Crippen LogP contribution >= 0.6 is 0 Å². The maximum absolute atomic E-state index is 11.1. The van der Waals surface area contributed by atoms with Crippen molar-refractivity contribution in [3.8, 4) is 6.07 Å². The Morgan fingerprint density at radius 3 is 2.71 bits per heavy atom. The highest BCUT2D eigenvalue weighted by molar-refractivity contribution is 5.80. The molecular weight excluding hydrogens is 216 g/mol. The molecule has 1 aromatic carbocycles. The summed E-state index contributed by atoms with van der Waals surface area (Å²) in [6.45, 7) is 3.85. The Labute approximate surface area is 100 Å². The molecule has 0 aliphatic rings. The first-order valence-electron chi connectivity index (χ1n) is 5.20. The number of nitrogen functional groups attached to an aromatic ring is 1. The molecule has 0 heterocycles. The fourth-order valence-corrected chi connectivity index (χ4v) is 1.21. The second kappa shape index (κ2) is 4.74. The third-order valence-electron chi connectivity index (χ3n) is 2.55. The van der Waals surface area contributed by atoms with E-state index < -0.39 is 5.41 Å². The molecule has 5 heteroatoms. The molecule has 0 fully saturated rings. The summed E-state index contributed by atoms with van der Waals surface area (Å²) < 4.78 is 0. The van der Waals surface area contributed by atoms with Gasteiger partial charge in [-0.3, -0.25) is 4.79 Å². The highest BCUT2D eigenvalue weighted by Gasteiger charge is 2.24. The molecule has 0 saturated carbocycles. The number of nitrogens with one attached hydrogen (secondary N) is 1. The van der Waals surface area contributed by atoms with Gasteiger partial charge in [0, 0.05) is 12.2 Å². The fraction of sp³-hybridized carbons (Fsp3) is 0.333. The number of primary amides is 1. The smallest absolute Gasteiger partial charge is 0.224 e. The van der Waals surface area contributed by atoms with Crippen molar-refractivity contribution < 1.29 is 4.79 Å². The number of nitriles is 1. The molecule has 1 aromatic rings. The van der Waals surface area contributed by atoms with Crippen molar-refractivity contribution in [3.05, 3.63) is 23.8 Å². The fourth-order valence-electron chi connectivity index (χ4n) is 1.21. The van der Waals surface area contributed by atoms with Crippen LogP contribution in [-0.2, 0) is 4.79 Å². The van der Waals surface area contributed by atoms with Gasteiger partial charge >= 0.3 is 0 Å². The predicted octanol–water partition coefficient (Wildman–Crippen LogP) is 1.06. The summed E-state index contributed by atoms with van der Waals surface area (Å²) in [5.74, 6) is -0.390. The standard InChI is InChI=1S/C12H16N4O/c1-12(2,11(15)17)7-16-10-4-3-9(14)5-8(10)6-13/h3-5,16H,7,14H2,1-2H3,(H2,15,17). The Hall–Kier alpha value is -2.22. The number of carbonyl (C=O) groups excluding carboxylic acids is 1. The normalized spacial score (nSPS) is 10.6. The van der Waals surface area contributed by atoms with Gasteiger partial charge in [0.1, 0.15) is 6.07 Å². The number of rotatable bonds is 4. The molecule has 90 valence electrons. The quantitative estimate of drug-likeness (QED) is 0.675. The number of hydrogen-bond donors (Lipinski definition) is 3. The molecule has 0 aliphatic carbocycles. The average Bonchev–Trinajstić information content (AvgIpc) is 2.27. The molecule has 0 aliphatic heterocycles. The van der Waals surface area contributed by atoms with Crippen molar-refractivity contribution >= 4 is 17.3 Å². The summed E-state index contributed by atoms with van der Waals surface area (Å²) in [6, 6.07) is 7.03. The van der Waals surface area contributed by atoms with Gasteiger partial charge in [-0.25, -0.2) is 0 Å². The number of benzene rings is 1. The predicted molar refractivity (Wildman–Crippen MR) is 67.0 cm³/mol. The second-order valence-electron chi connectivity index (χ2n) is 4.52. The van der Waals surface area contributed by atoms with Gasteiger partial charge in [-0.2, -0.15) is 5.26 Å². The molecule has 0 spiro atoms. The summed E-state index contributed by atoms with van der Waals surface area (Å²) in [4.78, 5) is 11.1. The van der Waals surface area contributed by atoms with Crippen LogP contribution in [0.25, 0.3) is 0 Å². The van der Waals surface area contributed by atoms with E-state index in [1.54, 1.807) is 32.0 Å². The zero-order valence-corrected chi connectivity index (χ0v) is 9.95. The number of carbonyl (C=O) groups is 1. The largest absolute Gasteiger partial charge is 0.399 e. The molecular formula is C12H16N4O. The minimum Gasteiger partial charge on any atom is -0.399 e. The zero-order valence-electron chi connectivity index (χ0n) is 9.95. The van der Waals surface area contributed by atoms with Crippen LogP contribution in [0.3, 0.4) is 0 Å². The van der Waals surface area contributed by atoms with Crippen LogP contribution in [0, 0.1) is 16.7 Å². The van der Waals surface area contributed by atoms with Gasteiger partial charge in [0.05, 0.1) is 16.7 Å². The number of nitrogens with zero attached hydrogens (tertiary/aromatic N) is 1. The maximum atomic E-state index is 11.1. The molecule has 0 saturated heterocycles. The number of amides is 1. The van der Waals surface area contributed by atoms with Gasteiger partial charge < -0.3 is 16.8 Å². The van der Waals surface area contributed by atoms with Crippen LogP contribution < -0.4 is 16.8 Å². The van der Waals surface area contributed by atoms with E-state index in [0.717, 1.165) is 0 Å². The van der Waals surface area contributed by atoms with Gasteiger partial charge in [-0.15, -0.1) is 0 Å². The van der Waals surface area contributed by atoms with E-state index in [2.05, 4.69) is 5.32 Å². The SMILES string of the molecule is CC(C)(CNc1ccc(N)cc1C#N)C(N)=O. The molecule has 0 radical (unpaired) electrons. The van der Waals surface area contributed by atoms with Crippen LogP contribution in [-0.4, -0.2) is 12.5 Å². The highest BCUT2D eigenvalue weighted by Crippen LogP contribution is 2.21. The Balaban J connectivity index is 2.84. The number of nitrogens with two attached hydrogens (primary N) is 2. The molecule has 5 N–H and O–H groups in total. The summed E-state index contributed by atoms with van der Waals surface area (Å²) in [5.41, 5.74) is 11.8. The van der Waals surface area contributed by atoms with Crippen LogP contribution in [0.5, 0.6) is 0 Å². The van der Waals surface area contributed by atoms with Gasteiger partial charge in [0.15, 0.2) is 0 Å². The second-order valence-corrected chi connectivity index (χ2v) is 4.52. The monoisotopic (exact) mass is 232 g/mol. The van der Waals surface area contributed by atoms with Crippen LogP contribution in [0.1, 0.15) is 19.4 Å². The lowest BCUT2D eigenvalue weighted by Gasteiger charge is -2.21. The third-order valence-corrected chi connectivity index (χ3v) is 2.55. The molecule has 0 unspecified atom stereocenters. The van der Waals surface area contributed by atoms with Gasteiger partial charge in [0.2, 0.25) is 5.91 Å². The first-order chi connectivity index (χ1) is 7.86.